The monoisotopic (exact) mass is 410 g/mol. The Kier molecular flexibility index (Phi) is 4.73. The van der Waals surface area contributed by atoms with E-state index in [0.717, 1.165) is 43.4 Å². The maximum Gasteiger partial charge on any atom is 0.296 e. The van der Waals surface area contributed by atoms with Crippen molar-refractivity contribution >= 4 is 21.0 Å². The smallest absolute Gasteiger partial charge is 0.296 e. The Labute approximate surface area is 171 Å². The molecular weight excluding hydrogens is 384 g/mol. The van der Waals surface area contributed by atoms with E-state index < -0.39 is 10.1 Å². The number of piperidine rings is 1. The molecule has 0 aliphatic carbocycles. The van der Waals surface area contributed by atoms with Gasteiger partial charge >= 0.3 is 0 Å². The van der Waals surface area contributed by atoms with Crippen molar-refractivity contribution in [2.24, 2.45) is 5.92 Å². The molecule has 1 saturated heterocycles. The van der Waals surface area contributed by atoms with Crippen LogP contribution in [0.1, 0.15) is 35.7 Å². The fourth-order valence-corrected chi connectivity index (χ4v) is 5.90. The van der Waals surface area contributed by atoms with Gasteiger partial charge in [0.1, 0.15) is 0 Å². The number of nitrogens with one attached hydrogen (secondary N) is 1. The third kappa shape index (κ3) is 3.39. The highest BCUT2D eigenvalue weighted by Gasteiger charge is 2.39. The molecule has 1 aromatic heterocycles. The van der Waals surface area contributed by atoms with Gasteiger partial charge in [-0.15, -0.1) is 0 Å². The average molecular weight is 411 g/mol. The van der Waals surface area contributed by atoms with Gasteiger partial charge < -0.3 is 4.98 Å². The fourth-order valence-electron chi connectivity index (χ4n) is 4.94. The Morgan fingerprint density at radius 2 is 1.90 bits per heavy atom. The van der Waals surface area contributed by atoms with Crippen LogP contribution in [0, 0.1) is 12.8 Å². The van der Waals surface area contributed by atoms with Gasteiger partial charge in [0.25, 0.3) is 10.1 Å². The first kappa shape index (κ1) is 18.9. The van der Waals surface area contributed by atoms with E-state index in [2.05, 4.69) is 34.1 Å². The first-order valence-electron chi connectivity index (χ1n) is 10.3. The van der Waals surface area contributed by atoms with Gasteiger partial charge in [-0.2, -0.15) is 8.42 Å². The van der Waals surface area contributed by atoms with Gasteiger partial charge in [-0.25, -0.2) is 0 Å². The van der Waals surface area contributed by atoms with Crippen LogP contribution < -0.4 is 0 Å². The predicted octanol–water partition coefficient (Wildman–Crippen LogP) is 4.19. The van der Waals surface area contributed by atoms with Crippen molar-refractivity contribution in [2.75, 3.05) is 19.7 Å². The topological polar surface area (TPSA) is 62.4 Å². The highest BCUT2D eigenvalue weighted by atomic mass is 32.2. The quantitative estimate of drug-likeness (QED) is 0.655. The molecule has 0 spiro atoms. The van der Waals surface area contributed by atoms with E-state index in [0.29, 0.717) is 0 Å². The number of para-hydroxylation sites is 1. The van der Waals surface area contributed by atoms with Crippen LogP contribution in [0.4, 0.5) is 0 Å². The molecule has 0 unspecified atom stereocenters. The lowest BCUT2D eigenvalue weighted by Crippen LogP contribution is -2.44. The Bertz CT molecular complexity index is 1130. The molecule has 5 nitrogen and oxygen atoms in total. The average Bonchev–Trinajstić information content (AvgIpc) is 3.11. The van der Waals surface area contributed by atoms with Crippen LogP contribution in [-0.4, -0.2) is 38.0 Å². The molecule has 0 amide bonds. The molecule has 2 atom stereocenters. The minimum absolute atomic E-state index is 0.149. The van der Waals surface area contributed by atoms with Crippen molar-refractivity contribution in [1.29, 1.82) is 0 Å². The van der Waals surface area contributed by atoms with Gasteiger partial charge in [0.2, 0.25) is 0 Å². The standard InChI is InChI=1S/C23H26N2O3S/c1-16-8-10-18(11-9-16)29(26,27)28-15-17-5-4-13-25-14-12-20-19-6-2-3-7-21(19)24-22(20)23(17)25/h2-3,6-11,17,23-24H,4-5,12-15H2,1H3/t17-,23-/m1/s1. The largest absolute Gasteiger partial charge is 0.357 e. The first-order chi connectivity index (χ1) is 14.0. The van der Waals surface area contributed by atoms with E-state index in [1.165, 1.54) is 16.6 Å². The van der Waals surface area contributed by atoms with Crippen LogP contribution in [0.15, 0.2) is 53.4 Å². The lowest BCUT2D eigenvalue weighted by molar-refractivity contribution is 0.0544. The summed E-state index contributed by atoms with van der Waals surface area (Å²) in [5.74, 6) is 0.149. The molecule has 3 aromatic rings. The van der Waals surface area contributed by atoms with Crippen LogP contribution in [0.3, 0.4) is 0 Å². The number of aromatic nitrogens is 1. The predicted molar refractivity (Wildman–Crippen MR) is 113 cm³/mol. The summed E-state index contributed by atoms with van der Waals surface area (Å²) in [5, 5.41) is 1.29. The fraction of sp³-hybridized carbons (Fsp3) is 0.391. The van der Waals surface area contributed by atoms with Crippen molar-refractivity contribution < 1.29 is 12.6 Å². The third-order valence-electron chi connectivity index (χ3n) is 6.40. The summed E-state index contributed by atoms with van der Waals surface area (Å²) < 4.78 is 30.9. The summed E-state index contributed by atoms with van der Waals surface area (Å²) in [6.45, 7) is 4.22. The molecule has 5 rings (SSSR count). The van der Waals surface area contributed by atoms with Gasteiger partial charge in [-0.05, 0) is 56.5 Å². The normalized spacial score (nSPS) is 22.4. The molecule has 2 aliphatic rings. The van der Waals surface area contributed by atoms with E-state index in [1.54, 1.807) is 24.3 Å². The SMILES string of the molecule is Cc1ccc(S(=O)(=O)OC[C@H]2CCCN3CCc4c([nH]c5ccccc45)[C@@H]23)cc1. The molecule has 0 saturated carbocycles. The van der Waals surface area contributed by atoms with Crippen molar-refractivity contribution in [3.05, 3.63) is 65.4 Å². The number of rotatable bonds is 4. The zero-order valence-electron chi connectivity index (χ0n) is 16.6. The molecule has 2 aromatic carbocycles. The number of hydrogen-bond donors (Lipinski definition) is 1. The van der Waals surface area contributed by atoms with Crippen LogP contribution in [0.5, 0.6) is 0 Å². The lowest BCUT2D eigenvalue weighted by atomic mass is 9.83. The third-order valence-corrected chi connectivity index (χ3v) is 7.69. The second kappa shape index (κ2) is 7.27. The number of aromatic amines is 1. The van der Waals surface area contributed by atoms with Crippen LogP contribution >= 0.6 is 0 Å². The summed E-state index contributed by atoms with van der Waals surface area (Å²) in [4.78, 5) is 6.35. The number of fused-ring (bicyclic) bond motifs is 5. The van der Waals surface area contributed by atoms with Crippen LogP contribution in [0.25, 0.3) is 10.9 Å². The second-order valence-corrected chi connectivity index (χ2v) is 9.86. The van der Waals surface area contributed by atoms with E-state index in [4.69, 9.17) is 4.18 Å². The number of benzene rings is 2. The van der Waals surface area contributed by atoms with Gasteiger partial charge in [0, 0.05) is 29.1 Å². The molecule has 6 heteroatoms. The first-order valence-corrected chi connectivity index (χ1v) is 11.7. The second-order valence-electron chi connectivity index (χ2n) is 8.25. The van der Waals surface area contributed by atoms with Crippen LogP contribution in [-0.2, 0) is 20.7 Å². The zero-order chi connectivity index (χ0) is 20.0. The van der Waals surface area contributed by atoms with E-state index >= 15 is 0 Å². The lowest BCUT2D eigenvalue weighted by Gasteiger charge is -2.44. The summed E-state index contributed by atoms with van der Waals surface area (Å²) in [5.41, 5.74) is 4.82. The van der Waals surface area contributed by atoms with E-state index in [9.17, 15) is 8.42 Å². The molecule has 0 radical (unpaired) electrons. The Balaban J connectivity index is 1.42. The van der Waals surface area contributed by atoms with Crippen LogP contribution in [0.2, 0.25) is 0 Å². The number of H-pyrrole nitrogens is 1. The summed E-state index contributed by atoms with van der Waals surface area (Å²) >= 11 is 0. The van der Waals surface area contributed by atoms with Gasteiger partial charge in [0.15, 0.2) is 0 Å². The van der Waals surface area contributed by atoms with Gasteiger partial charge in [0.05, 0.1) is 17.5 Å². The molecule has 152 valence electrons. The Morgan fingerprint density at radius 1 is 1.10 bits per heavy atom. The minimum Gasteiger partial charge on any atom is -0.357 e. The van der Waals surface area contributed by atoms with Gasteiger partial charge in [-0.3, -0.25) is 9.08 Å². The molecule has 1 fully saturated rings. The van der Waals surface area contributed by atoms with Crippen molar-refractivity contribution in [3.63, 3.8) is 0 Å². The molecule has 0 bridgehead atoms. The van der Waals surface area contributed by atoms with Gasteiger partial charge in [-0.1, -0.05) is 35.9 Å². The van der Waals surface area contributed by atoms with Crippen molar-refractivity contribution in [3.8, 4) is 0 Å². The Morgan fingerprint density at radius 3 is 2.72 bits per heavy atom. The summed E-state index contributed by atoms with van der Waals surface area (Å²) in [6, 6.07) is 15.5. The molecule has 2 aliphatic heterocycles. The molecular formula is C23H26N2O3S. The minimum atomic E-state index is -3.74. The van der Waals surface area contributed by atoms with E-state index in [-0.39, 0.29) is 23.5 Å². The highest BCUT2D eigenvalue weighted by molar-refractivity contribution is 7.86. The summed E-state index contributed by atoms with van der Waals surface area (Å²) in [6.07, 6.45) is 3.08. The van der Waals surface area contributed by atoms with Crippen molar-refractivity contribution in [2.45, 2.75) is 37.1 Å². The maximum absolute atomic E-state index is 12.7. The number of aryl methyl sites for hydroxylation is 1. The Hall–Kier alpha value is -2.15. The summed E-state index contributed by atoms with van der Waals surface area (Å²) in [7, 11) is -3.74. The zero-order valence-corrected chi connectivity index (χ0v) is 17.4. The van der Waals surface area contributed by atoms with Crippen molar-refractivity contribution in [1.82, 2.24) is 9.88 Å². The molecule has 3 heterocycles. The number of hydrogen-bond acceptors (Lipinski definition) is 4. The van der Waals surface area contributed by atoms with E-state index in [1.807, 2.05) is 6.92 Å². The maximum atomic E-state index is 12.7. The molecule has 1 N–H and O–H groups in total. The highest BCUT2D eigenvalue weighted by Crippen LogP contribution is 2.42. The molecule has 29 heavy (non-hydrogen) atoms. The number of nitrogens with zero attached hydrogens (tertiary/aromatic N) is 1.